The van der Waals surface area contributed by atoms with Crippen LogP contribution >= 0.6 is 10.9 Å². The predicted molar refractivity (Wildman–Crippen MR) is 92.1 cm³/mol. The number of benzene rings is 3. The monoisotopic (exact) mass is 398 g/mol. The fraction of sp³-hybridized carbons (Fsp3) is 0.100. The molecule has 0 amide bonds. The van der Waals surface area contributed by atoms with Gasteiger partial charge >= 0.3 is 12.4 Å². The molecule has 7 heteroatoms. The maximum Gasteiger partial charge on any atom is 0.416 e. The highest BCUT2D eigenvalue weighted by Gasteiger charge is 2.37. The summed E-state index contributed by atoms with van der Waals surface area (Å²) >= 11 is 0. The largest absolute Gasteiger partial charge is 0.416 e. The first-order valence-corrected chi connectivity index (χ1v) is 9.28. The average molecular weight is 398 g/mol. The molecular formula is C20H12F6S. The van der Waals surface area contributed by atoms with E-state index in [-0.39, 0.29) is 11.1 Å². The van der Waals surface area contributed by atoms with Crippen molar-refractivity contribution in [1.82, 2.24) is 0 Å². The first-order valence-electron chi connectivity index (χ1n) is 7.94. The van der Waals surface area contributed by atoms with Gasteiger partial charge in [0, 0.05) is 9.79 Å². The lowest BCUT2D eigenvalue weighted by Crippen LogP contribution is -2.05. The SMILES string of the molecule is FC(F)(F)c1ccc2c(c1)-c1cc(C(F)(F)F)ccc1[SH]2c1ccccc1. The van der Waals surface area contributed by atoms with Gasteiger partial charge in [0.1, 0.15) is 0 Å². The summed E-state index contributed by atoms with van der Waals surface area (Å²) < 4.78 is 78.9. The third kappa shape index (κ3) is 3.10. The number of hydrogen-bond donors (Lipinski definition) is 1. The predicted octanol–water partition coefficient (Wildman–Crippen LogP) is 7.18. The molecule has 0 spiro atoms. The Bertz CT molecular complexity index is 942. The van der Waals surface area contributed by atoms with E-state index in [0.717, 1.165) is 29.2 Å². The van der Waals surface area contributed by atoms with Crippen molar-refractivity contribution in [2.24, 2.45) is 0 Å². The van der Waals surface area contributed by atoms with Crippen LogP contribution in [0.5, 0.6) is 0 Å². The quantitative estimate of drug-likeness (QED) is 0.255. The number of halogens is 6. The van der Waals surface area contributed by atoms with E-state index in [0.29, 0.717) is 9.79 Å². The van der Waals surface area contributed by atoms with E-state index in [9.17, 15) is 26.3 Å². The van der Waals surface area contributed by atoms with Crippen molar-refractivity contribution < 1.29 is 26.3 Å². The molecule has 0 radical (unpaired) electrons. The molecule has 0 N–H and O–H groups in total. The molecule has 0 aliphatic carbocycles. The van der Waals surface area contributed by atoms with E-state index < -0.39 is 34.4 Å². The molecule has 0 atom stereocenters. The van der Waals surface area contributed by atoms with Gasteiger partial charge in [0.15, 0.2) is 0 Å². The van der Waals surface area contributed by atoms with Crippen LogP contribution in [0.1, 0.15) is 11.1 Å². The standard InChI is InChI=1S/C20H12F6S/c21-19(22,23)12-6-8-17-15(10-12)16-11-13(20(24,25)26)7-9-18(16)27(17)14-4-2-1-3-5-14/h1-11,27H. The number of hydrogen-bond acceptors (Lipinski definition) is 0. The molecule has 4 rings (SSSR count). The zero-order chi connectivity index (χ0) is 19.4. The Morgan fingerprint density at radius 3 is 1.41 bits per heavy atom. The van der Waals surface area contributed by atoms with Crippen LogP contribution in [0, 0.1) is 0 Å². The Morgan fingerprint density at radius 1 is 0.556 bits per heavy atom. The Kier molecular flexibility index (Phi) is 4.03. The van der Waals surface area contributed by atoms with Crippen LogP contribution < -0.4 is 0 Å². The molecule has 0 saturated carbocycles. The van der Waals surface area contributed by atoms with Crippen molar-refractivity contribution in [3.05, 3.63) is 77.9 Å². The molecule has 1 heterocycles. The van der Waals surface area contributed by atoms with Crippen molar-refractivity contribution in [2.75, 3.05) is 0 Å². The molecule has 140 valence electrons. The minimum Gasteiger partial charge on any atom is -0.172 e. The molecule has 0 bridgehead atoms. The maximum absolute atomic E-state index is 13.1. The van der Waals surface area contributed by atoms with E-state index in [2.05, 4.69) is 0 Å². The Labute approximate surface area is 153 Å². The lowest BCUT2D eigenvalue weighted by atomic mass is 10.0. The molecule has 27 heavy (non-hydrogen) atoms. The topological polar surface area (TPSA) is 0 Å². The molecule has 0 aromatic heterocycles. The van der Waals surface area contributed by atoms with E-state index >= 15 is 0 Å². The van der Waals surface area contributed by atoms with Crippen LogP contribution in [-0.4, -0.2) is 0 Å². The van der Waals surface area contributed by atoms with Gasteiger partial charge in [0.2, 0.25) is 0 Å². The van der Waals surface area contributed by atoms with Crippen molar-refractivity contribution >= 4 is 10.9 Å². The van der Waals surface area contributed by atoms with Gasteiger partial charge < -0.3 is 0 Å². The zero-order valence-corrected chi connectivity index (χ0v) is 14.5. The highest BCUT2D eigenvalue weighted by molar-refractivity contribution is 8.17. The first kappa shape index (κ1) is 18.0. The van der Waals surface area contributed by atoms with Crippen LogP contribution in [0.2, 0.25) is 0 Å². The van der Waals surface area contributed by atoms with Gasteiger partial charge in [-0.1, -0.05) is 18.2 Å². The third-order valence-corrected chi connectivity index (χ3v) is 6.99. The van der Waals surface area contributed by atoms with E-state index in [1.807, 2.05) is 30.3 Å². The lowest BCUT2D eigenvalue weighted by Gasteiger charge is -2.19. The molecule has 0 nitrogen and oxygen atoms in total. The summed E-state index contributed by atoms with van der Waals surface area (Å²) in [5, 5.41) is 0. The Balaban J connectivity index is 1.98. The molecule has 3 aromatic rings. The highest BCUT2D eigenvalue weighted by atomic mass is 32.2. The fourth-order valence-electron chi connectivity index (χ4n) is 3.23. The van der Waals surface area contributed by atoms with Gasteiger partial charge in [0.25, 0.3) is 0 Å². The average Bonchev–Trinajstić information content (AvgIpc) is 2.94. The molecule has 3 aromatic carbocycles. The van der Waals surface area contributed by atoms with Gasteiger partial charge in [-0.25, -0.2) is 0 Å². The van der Waals surface area contributed by atoms with E-state index in [1.54, 1.807) is 0 Å². The second-order valence-electron chi connectivity index (χ2n) is 6.13. The molecule has 1 aliphatic heterocycles. The molecule has 1 aliphatic rings. The summed E-state index contributed by atoms with van der Waals surface area (Å²) in [5.41, 5.74) is -1.29. The van der Waals surface area contributed by atoms with Crippen molar-refractivity contribution in [3.63, 3.8) is 0 Å². The maximum atomic E-state index is 13.1. The first-order chi connectivity index (χ1) is 12.7. The van der Waals surface area contributed by atoms with Crippen LogP contribution in [-0.2, 0) is 12.4 Å². The van der Waals surface area contributed by atoms with Gasteiger partial charge in [0.05, 0.1) is 11.1 Å². The minimum absolute atomic E-state index is 0.223. The summed E-state index contributed by atoms with van der Waals surface area (Å²) in [6.07, 6.45) is -9.12. The lowest BCUT2D eigenvalue weighted by molar-refractivity contribution is -0.138. The van der Waals surface area contributed by atoms with E-state index in [1.165, 1.54) is 12.1 Å². The zero-order valence-electron chi connectivity index (χ0n) is 13.6. The summed E-state index contributed by atoms with van der Waals surface area (Å²) in [6.45, 7) is 0. The summed E-state index contributed by atoms with van der Waals surface area (Å²) in [6, 6.07) is 15.8. The Hall–Kier alpha value is -2.41. The smallest absolute Gasteiger partial charge is 0.172 e. The van der Waals surface area contributed by atoms with E-state index in [4.69, 9.17) is 0 Å². The van der Waals surface area contributed by atoms with Gasteiger partial charge in [-0.05, 0) is 64.6 Å². The number of fused-ring (bicyclic) bond motifs is 3. The summed E-state index contributed by atoms with van der Waals surface area (Å²) in [4.78, 5) is 2.16. The Morgan fingerprint density at radius 2 is 1.00 bits per heavy atom. The molecule has 0 unspecified atom stereocenters. The van der Waals surface area contributed by atoms with Crippen LogP contribution in [0.4, 0.5) is 26.3 Å². The highest BCUT2D eigenvalue weighted by Crippen LogP contribution is 2.63. The van der Waals surface area contributed by atoms with Gasteiger partial charge in [-0.15, -0.1) is 0 Å². The summed E-state index contributed by atoms with van der Waals surface area (Å²) in [7, 11) is -1.20. The molecular weight excluding hydrogens is 386 g/mol. The van der Waals surface area contributed by atoms with Gasteiger partial charge in [-0.3, -0.25) is 0 Å². The second kappa shape index (κ2) is 6.05. The molecule has 0 saturated heterocycles. The summed E-state index contributed by atoms with van der Waals surface area (Å²) in [5.74, 6) is 0. The van der Waals surface area contributed by atoms with Crippen LogP contribution in [0.15, 0.2) is 81.4 Å². The van der Waals surface area contributed by atoms with Crippen LogP contribution in [0.25, 0.3) is 11.1 Å². The van der Waals surface area contributed by atoms with Crippen molar-refractivity contribution in [1.29, 1.82) is 0 Å². The fourth-order valence-corrected chi connectivity index (χ4v) is 5.82. The number of alkyl halides is 6. The molecule has 0 fully saturated rings. The second-order valence-corrected chi connectivity index (χ2v) is 8.28. The van der Waals surface area contributed by atoms with Gasteiger partial charge in [-0.2, -0.15) is 37.2 Å². The minimum atomic E-state index is -4.56. The van der Waals surface area contributed by atoms with Crippen molar-refractivity contribution in [3.8, 4) is 11.1 Å². The number of rotatable bonds is 1. The van der Waals surface area contributed by atoms with Crippen molar-refractivity contribution in [2.45, 2.75) is 27.0 Å². The number of thiol groups is 1. The normalized spacial score (nSPS) is 14.8. The third-order valence-electron chi connectivity index (χ3n) is 4.43. The van der Waals surface area contributed by atoms with Crippen LogP contribution in [0.3, 0.4) is 0 Å².